The van der Waals surface area contributed by atoms with E-state index in [1.807, 2.05) is 0 Å². The molecule has 0 N–H and O–H groups in total. The monoisotopic (exact) mass is 264 g/mol. The molecule has 84 valence electrons. The first-order chi connectivity index (χ1) is 6.76. The van der Waals surface area contributed by atoms with Crippen molar-refractivity contribution < 1.29 is 4.74 Å². The lowest BCUT2D eigenvalue weighted by molar-refractivity contribution is -0.0382. The van der Waals surface area contributed by atoms with Gasteiger partial charge in [0.2, 0.25) is 0 Å². The molecule has 0 aromatic carbocycles. The number of ether oxygens (including phenoxy) is 1. The van der Waals surface area contributed by atoms with Crippen LogP contribution in [0, 0.1) is 0 Å². The number of alkyl halides is 1. The number of halogens is 1. The molecule has 1 atom stereocenters. The summed E-state index contributed by atoms with van der Waals surface area (Å²) in [5.41, 5.74) is 0. The van der Waals surface area contributed by atoms with E-state index < -0.39 is 0 Å². The van der Waals surface area contributed by atoms with Gasteiger partial charge in [-0.25, -0.2) is 0 Å². The van der Waals surface area contributed by atoms with Crippen LogP contribution in [0.2, 0.25) is 0 Å². The molecule has 1 heterocycles. The zero-order valence-electron chi connectivity index (χ0n) is 9.21. The van der Waals surface area contributed by atoms with E-state index >= 15 is 0 Å². The topological polar surface area (TPSA) is 15.7 Å². The average molecular weight is 265 g/mol. The van der Waals surface area contributed by atoms with E-state index in [0.717, 1.165) is 44.7 Å². The lowest BCUT2D eigenvalue weighted by Crippen LogP contribution is -2.46. The lowest BCUT2D eigenvalue weighted by Gasteiger charge is -2.34. The lowest BCUT2D eigenvalue weighted by atomic mass is 10.2. The van der Waals surface area contributed by atoms with Gasteiger partial charge >= 0.3 is 0 Å². The Morgan fingerprint density at radius 1 is 1.57 bits per heavy atom. The van der Waals surface area contributed by atoms with Crippen LogP contribution in [-0.2, 0) is 4.74 Å². The summed E-state index contributed by atoms with van der Waals surface area (Å²) in [6.45, 7) is 8.56. The fourth-order valence-electron chi connectivity index (χ4n) is 1.76. The van der Waals surface area contributed by atoms with Gasteiger partial charge < -0.3 is 9.64 Å². The largest absolute Gasteiger partial charge is 0.374 e. The van der Waals surface area contributed by atoms with Crippen LogP contribution in [0.3, 0.4) is 0 Å². The molecule has 14 heavy (non-hydrogen) atoms. The summed E-state index contributed by atoms with van der Waals surface area (Å²) < 4.78 is 5.73. The fraction of sp³-hybridized carbons (Fsp3) is 1.00. The first kappa shape index (κ1) is 12.4. The quantitative estimate of drug-likeness (QED) is 0.691. The maximum atomic E-state index is 5.73. The summed E-state index contributed by atoms with van der Waals surface area (Å²) in [5.74, 6) is 0. The minimum absolute atomic E-state index is 0.396. The molecule has 0 saturated carbocycles. The van der Waals surface area contributed by atoms with E-state index in [-0.39, 0.29) is 0 Å². The van der Waals surface area contributed by atoms with Crippen molar-refractivity contribution in [2.75, 3.05) is 51.7 Å². The molecule has 0 aromatic heterocycles. The average Bonchev–Trinajstić information content (AvgIpc) is 2.18. The minimum Gasteiger partial charge on any atom is -0.374 e. The molecule has 4 heteroatoms. The minimum atomic E-state index is 0.396. The van der Waals surface area contributed by atoms with Crippen molar-refractivity contribution in [1.82, 2.24) is 9.80 Å². The zero-order valence-corrected chi connectivity index (χ0v) is 10.8. The molecule has 1 aliphatic heterocycles. The van der Waals surface area contributed by atoms with Crippen LogP contribution in [0.25, 0.3) is 0 Å². The molecule has 0 amide bonds. The second kappa shape index (κ2) is 6.77. The fourth-order valence-corrected chi connectivity index (χ4v) is 2.37. The van der Waals surface area contributed by atoms with Crippen LogP contribution < -0.4 is 0 Å². The Balaban J connectivity index is 2.22. The number of hydrogen-bond acceptors (Lipinski definition) is 3. The highest BCUT2D eigenvalue weighted by Crippen LogP contribution is 2.06. The summed E-state index contributed by atoms with van der Waals surface area (Å²) in [7, 11) is 2.15. The van der Waals surface area contributed by atoms with Gasteiger partial charge in [0.1, 0.15) is 0 Å². The van der Waals surface area contributed by atoms with E-state index in [0.29, 0.717) is 6.10 Å². The predicted molar refractivity (Wildman–Crippen MR) is 63.1 cm³/mol. The van der Waals surface area contributed by atoms with Gasteiger partial charge in [-0.05, 0) is 13.6 Å². The van der Waals surface area contributed by atoms with Crippen LogP contribution in [-0.4, -0.2) is 67.6 Å². The van der Waals surface area contributed by atoms with Gasteiger partial charge in [-0.3, -0.25) is 4.90 Å². The second-order valence-corrected chi connectivity index (χ2v) is 4.63. The smallest absolute Gasteiger partial charge is 0.0829 e. The van der Waals surface area contributed by atoms with Crippen LogP contribution >= 0.6 is 15.9 Å². The van der Waals surface area contributed by atoms with Crippen molar-refractivity contribution in [3.05, 3.63) is 0 Å². The highest BCUT2D eigenvalue weighted by atomic mass is 79.9. The molecule has 1 unspecified atom stereocenters. The Morgan fingerprint density at radius 3 is 3.00 bits per heavy atom. The van der Waals surface area contributed by atoms with Gasteiger partial charge in [0, 0.05) is 31.5 Å². The summed E-state index contributed by atoms with van der Waals surface area (Å²) in [4.78, 5) is 4.77. The highest BCUT2D eigenvalue weighted by molar-refractivity contribution is 9.09. The maximum absolute atomic E-state index is 5.73. The third kappa shape index (κ3) is 4.26. The molecule has 1 aliphatic rings. The molecule has 0 radical (unpaired) electrons. The molecule has 1 saturated heterocycles. The normalized spacial score (nSPS) is 24.4. The van der Waals surface area contributed by atoms with Crippen LogP contribution in [0.5, 0.6) is 0 Å². The molecular weight excluding hydrogens is 244 g/mol. The molecule has 0 aromatic rings. The first-order valence-electron chi connectivity index (χ1n) is 5.34. The van der Waals surface area contributed by atoms with Crippen molar-refractivity contribution in [2.45, 2.75) is 13.0 Å². The number of rotatable bonds is 5. The van der Waals surface area contributed by atoms with E-state index in [2.05, 4.69) is 39.7 Å². The molecule has 0 aliphatic carbocycles. The van der Waals surface area contributed by atoms with Gasteiger partial charge in [-0.15, -0.1) is 0 Å². The van der Waals surface area contributed by atoms with Gasteiger partial charge in [0.25, 0.3) is 0 Å². The number of nitrogens with zero attached hydrogens (tertiary/aromatic N) is 2. The molecule has 1 rings (SSSR count). The van der Waals surface area contributed by atoms with Crippen molar-refractivity contribution in [2.24, 2.45) is 0 Å². The molecule has 3 nitrogen and oxygen atoms in total. The van der Waals surface area contributed by atoms with Crippen molar-refractivity contribution in [1.29, 1.82) is 0 Å². The molecule has 1 fully saturated rings. The summed E-state index contributed by atoms with van der Waals surface area (Å²) in [6, 6.07) is 0. The zero-order chi connectivity index (χ0) is 10.4. The SMILES string of the molecule is CCN1CCOC(CN(C)CCBr)C1. The standard InChI is InChI=1S/C10H21BrN2O/c1-3-13-6-7-14-10(9-13)8-12(2)5-4-11/h10H,3-9H2,1-2H3. The summed E-state index contributed by atoms with van der Waals surface area (Å²) in [5, 5.41) is 1.04. The Kier molecular flexibility index (Phi) is 6.01. The Hall–Kier alpha value is 0.360. The van der Waals surface area contributed by atoms with Crippen LogP contribution in [0.15, 0.2) is 0 Å². The Labute approximate surface area is 95.5 Å². The Bertz CT molecular complexity index is 157. The van der Waals surface area contributed by atoms with Gasteiger partial charge in [0.05, 0.1) is 12.7 Å². The summed E-state index contributed by atoms with van der Waals surface area (Å²) >= 11 is 3.45. The highest BCUT2D eigenvalue weighted by Gasteiger charge is 2.20. The van der Waals surface area contributed by atoms with Crippen molar-refractivity contribution in [3.63, 3.8) is 0 Å². The van der Waals surface area contributed by atoms with Gasteiger partial charge in [0.15, 0.2) is 0 Å². The van der Waals surface area contributed by atoms with E-state index in [1.54, 1.807) is 0 Å². The van der Waals surface area contributed by atoms with E-state index in [1.165, 1.54) is 0 Å². The second-order valence-electron chi connectivity index (χ2n) is 3.84. The predicted octanol–water partition coefficient (Wildman–Crippen LogP) is 1.03. The first-order valence-corrected chi connectivity index (χ1v) is 6.47. The van der Waals surface area contributed by atoms with Crippen molar-refractivity contribution >= 4 is 15.9 Å². The van der Waals surface area contributed by atoms with Gasteiger partial charge in [-0.2, -0.15) is 0 Å². The number of likely N-dealkylation sites (N-methyl/N-ethyl adjacent to an activating group) is 2. The van der Waals surface area contributed by atoms with Gasteiger partial charge in [-0.1, -0.05) is 22.9 Å². The van der Waals surface area contributed by atoms with Crippen LogP contribution in [0.4, 0.5) is 0 Å². The molecule has 0 spiro atoms. The van der Waals surface area contributed by atoms with E-state index in [4.69, 9.17) is 4.74 Å². The maximum Gasteiger partial charge on any atom is 0.0829 e. The molecular formula is C10H21BrN2O. The third-order valence-electron chi connectivity index (χ3n) is 2.65. The number of morpholine rings is 1. The van der Waals surface area contributed by atoms with E-state index in [9.17, 15) is 0 Å². The van der Waals surface area contributed by atoms with Crippen LogP contribution in [0.1, 0.15) is 6.92 Å². The Morgan fingerprint density at radius 2 is 2.36 bits per heavy atom. The third-order valence-corrected chi connectivity index (χ3v) is 3.01. The molecule has 0 bridgehead atoms. The number of hydrogen-bond donors (Lipinski definition) is 0. The summed E-state index contributed by atoms with van der Waals surface area (Å²) in [6.07, 6.45) is 0.396. The van der Waals surface area contributed by atoms with Crippen molar-refractivity contribution in [3.8, 4) is 0 Å².